The van der Waals surface area contributed by atoms with Crippen molar-refractivity contribution >= 4 is 0 Å². The van der Waals surface area contributed by atoms with Gasteiger partial charge in [-0.05, 0) is 51.7 Å². The van der Waals surface area contributed by atoms with Crippen molar-refractivity contribution < 1.29 is 0 Å². The Labute approximate surface area is 108 Å². The fraction of sp³-hybridized carbons (Fsp3) is 1.00. The maximum absolute atomic E-state index is 3.56. The number of hydrogen-bond acceptors (Lipinski definition) is 2. The van der Waals surface area contributed by atoms with Crippen molar-refractivity contribution in [2.45, 2.75) is 65.3 Å². The third-order valence-electron chi connectivity index (χ3n) is 4.03. The van der Waals surface area contributed by atoms with Gasteiger partial charge in [-0.1, -0.05) is 33.1 Å². The number of hydrogen-bond donors (Lipinski definition) is 1. The Morgan fingerprint density at radius 2 is 2.06 bits per heavy atom. The Hall–Kier alpha value is -0.0800. The van der Waals surface area contributed by atoms with Gasteiger partial charge in [0.15, 0.2) is 0 Å². The van der Waals surface area contributed by atoms with E-state index in [-0.39, 0.29) is 0 Å². The molecule has 0 aromatic rings. The molecule has 0 aliphatic carbocycles. The van der Waals surface area contributed by atoms with Crippen molar-refractivity contribution in [2.75, 3.05) is 26.2 Å². The highest BCUT2D eigenvalue weighted by atomic mass is 15.2. The lowest BCUT2D eigenvalue weighted by Gasteiger charge is -2.24. The Morgan fingerprint density at radius 3 is 2.76 bits per heavy atom. The van der Waals surface area contributed by atoms with Gasteiger partial charge in [-0.3, -0.25) is 0 Å². The summed E-state index contributed by atoms with van der Waals surface area (Å²) in [6.07, 6.45) is 8.20. The first kappa shape index (κ1) is 15.0. The van der Waals surface area contributed by atoms with E-state index in [1.165, 1.54) is 64.7 Å². The molecule has 0 spiro atoms. The second-order valence-electron chi connectivity index (χ2n) is 5.70. The van der Waals surface area contributed by atoms with Gasteiger partial charge in [-0.15, -0.1) is 0 Å². The van der Waals surface area contributed by atoms with E-state index in [9.17, 15) is 0 Å². The largest absolute Gasteiger partial charge is 0.316 e. The minimum absolute atomic E-state index is 0.803. The Morgan fingerprint density at radius 1 is 1.24 bits per heavy atom. The number of nitrogens with zero attached hydrogens (tertiary/aromatic N) is 1. The number of nitrogens with one attached hydrogen (secondary N) is 1. The molecule has 2 unspecified atom stereocenters. The van der Waals surface area contributed by atoms with Crippen molar-refractivity contribution in [1.29, 1.82) is 0 Å². The highest BCUT2D eigenvalue weighted by molar-refractivity contribution is 4.80. The molecule has 102 valence electrons. The third-order valence-corrected chi connectivity index (χ3v) is 4.03. The first-order chi connectivity index (χ1) is 8.27. The van der Waals surface area contributed by atoms with Crippen molar-refractivity contribution in [3.63, 3.8) is 0 Å². The van der Waals surface area contributed by atoms with E-state index in [1.807, 2.05) is 0 Å². The lowest BCUT2D eigenvalue weighted by molar-refractivity contribution is 0.233. The van der Waals surface area contributed by atoms with Crippen LogP contribution in [0.4, 0.5) is 0 Å². The van der Waals surface area contributed by atoms with Gasteiger partial charge in [-0.2, -0.15) is 0 Å². The molecule has 1 heterocycles. The van der Waals surface area contributed by atoms with Gasteiger partial charge >= 0.3 is 0 Å². The summed E-state index contributed by atoms with van der Waals surface area (Å²) < 4.78 is 0. The Kier molecular flexibility index (Phi) is 7.87. The first-order valence-electron chi connectivity index (χ1n) is 7.72. The van der Waals surface area contributed by atoms with E-state index in [0.29, 0.717) is 0 Å². The highest BCUT2D eigenvalue weighted by Crippen LogP contribution is 2.20. The van der Waals surface area contributed by atoms with E-state index < -0.39 is 0 Å². The number of likely N-dealkylation sites (tertiary alicyclic amines) is 1. The van der Waals surface area contributed by atoms with Crippen molar-refractivity contribution in [2.24, 2.45) is 5.92 Å². The van der Waals surface area contributed by atoms with Crippen LogP contribution in [0.3, 0.4) is 0 Å². The molecule has 0 saturated carbocycles. The van der Waals surface area contributed by atoms with Gasteiger partial charge in [0.05, 0.1) is 0 Å². The summed E-state index contributed by atoms with van der Waals surface area (Å²) in [7, 11) is 0. The number of unbranched alkanes of at least 4 members (excludes halogenated alkanes) is 2. The summed E-state index contributed by atoms with van der Waals surface area (Å²) >= 11 is 0. The van der Waals surface area contributed by atoms with Crippen molar-refractivity contribution in [1.82, 2.24) is 10.2 Å². The topological polar surface area (TPSA) is 15.3 Å². The number of rotatable bonds is 9. The van der Waals surface area contributed by atoms with Gasteiger partial charge in [-0.25, -0.2) is 0 Å². The minimum Gasteiger partial charge on any atom is -0.316 e. The van der Waals surface area contributed by atoms with Crippen LogP contribution in [0.1, 0.15) is 59.3 Å². The standard InChI is InChI=1S/C15H32N2/c1-4-6-7-8-14(3)17-11-9-15(13-17)12-16-10-5-2/h14-16H,4-13H2,1-3H3. The lowest BCUT2D eigenvalue weighted by atomic mass is 10.1. The van der Waals surface area contributed by atoms with Gasteiger partial charge < -0.3 is 10.2 Å². The molecule has 0 amide bonds. The summed E-state index contributed by atoms with van der Waals surface area (Å²) in [5.74, 6) is 0.898. The summed E-state index contributed by atoms with van der Waals surface area (Å²) in [4.78, 5) is 2.70. The molecule has 0 radical (unpaired) electrons. The summed E-state index contributed by atoms with van der Waals surface area (Å²) in [5, 5.41) is 3.56. The molecule has 17 heavy (non-hydrogen) atoms. The van der Waals surface area contributed by atoms with E-state index in [0.717, 1.165) is 12.0 Å². The third kappa shape index (κ3) is 5.87. The van der Waals surface area contributed by atoms with Crippen LogP contribution in [0.2, 0.25) is 0 Å². The van der Waals surface area contributed by atoms with E-state index in [4.69, 9.17) is 0 Å². The zero-order chi connectivity index (χ0) is 12.5. The monoisotopic (exact) mass is 240 g/mol. The molecule has 2 heteroatoms. The minimum atomic E-state index is 0.803. The summed E-state index contributed by atoms with van der Waals surface area (Å²) in [5.41, 5.74) is 0. The quantitative estimate of drug-likeness (QED) is 0.622. The molecular weight excluding hydrogens is 208 g/mol. The zero-order valence-corrected chi connectivity index (χ0v) is 12.2. The Bertz CT molecular complexity index is 182. The van der Waals surface area contributed by atoms with Crippen LogP contribution in [0.15, 0.2) is 0 Å². The van der Waals surface area contributed by atoms with Crippen LogP contribution >= 0.6 is 0 Å². The normalized spacial score (nSPS) is 23.1. The molecule has 1 aliphatic heterocycles. The zero-order valence-electron chi connectivity index (χ0n) is 12.2. The molecule has 0 aromatic carbocycles. The average molecular weight is 240 g/mol. The second kappa shape index (κ2) is 8.93. The summed E-state index contributed by atoms with van der Waals surface area (Å²) in [6, 6.07) is 0.803. The van der Waals surface area contributed by atoms with Crippen LogP contribution in [-0.4, -0.2) is 37.1 Å². The molecule has 1 rings (SSSR count). The highest BCUT2D eigenvalue weighted by Gasteiger charge is 2.25. The van der Waals surface area contributed by atoms with Gasteiger partial charge in [0.2, 0.25) is 0 Å². The smallest absolute Gasteiger partial charge is 0.00670 e. The van der Waals surface area contributed by atoms with E-state index in [1.54, 1.807) is 0 Å². The molecule has 0 bridgehead atoms. The van der Waals surface area contributed by atoms with E-state index >= 15 is 0 Å². The molecular formula is C15H32N2. The predicted molar refractivity (Wildman–Crippen MR) is 76.4 cm³/mol. The van der Waals surface area contributed by atoms with Crippen LogP contribution in [0.25, 0.3) is 0 Å². The van der Waals surface area contributed by atoms with E-state index in [2.05, 4.69) is 31.0 Å². The molecule has 2 atom stereocenters. The molecule has 2 nitrogen and oxygen atoms in total. The van der Waals surface area contributed by atoms with Gasteiger partial charge in [0.25, 0.3) is 0 Å². The maximum Gasteiger partial charge on any atom is 0.00670 e. The van der Waals surface area contributed by atoms with Crippen LogP contribution in [-0.2, 0) is 0 Å². The lowest BCUT2D eigenvalue weighted by Crippen LogP contribution is -2.32. The van der Waals surface area contributed by atoms with Crippen LogP contribution < -0.4 is 5.32 Å². The molecule has 1 aliphatic rings. The van der Waals surface area contributed by atoms with Crippen LogP contribution in [0, 0.1) is 5.92 Å². The second-order valence-corrected chi connectivity index (χ2v) is 5.70. The van der Waals surface area contributed by atoms with Crippen molar-refractivity contribution in [3.8, 4) is 0 Å². The predicted octanol–water partition coefficient (Wildman–Crippen LogP) is 3.28. The van der Waals surface area contributed by atoms with Gasteiger partial charge in [0.1, 0.15) is 0 Å². The first-order valence-corrected chi connectivity index (χ1v) is 7.72. The maximum atomic E-state index is 3.56. The molecule has 1 N–H and O–H groups in total. The van der Waals surface area contributed by atoms with Gasteiger partial charge in [0, 0.05) is 12.6 Å². The molecule has 0 aromatic heterocycles. The molecule has 1 fully saturated rings. The summed E-state index contributed by atoms with van der Waals surface area (Å²) in [6.45, 7) is 12.0. The van der Waals surface area contributed by atoms with Crippen molar-refractivity contribution in [3.05, 3.63) is 0 Å². The average Bonchev–Trinajstić information content (AvgIpc) is 2.78. The molecule has 1 saturated heterocycles. The Balaban J connectivity index is 2.11. The fourth-order valence-electron chi connectivity index (χ4n) is 2.78. The fourth-order valence-corrected chi connectivity index (χ4v) is 2.78. The van der Waals surface area contributed by atoms with Crippen LogP contribution in [0.5, 0.6) is 0 Å². The SMILES string of the molecule is CCCCCC(C)N1CCC(CNCCC)C1.